The second-order valence-electron chi connectivity index (χ2n) is 5.46. The van der Waals surface area contributed by atoms with Gasteiger partial charge in [0.05, 0.1) is 18.8 Å². The number of likely N-dealkylation sites (N-methyl/N-ethyl adjacent to an activating group) is 1. The minimum absolute atomic E-state index is 0.215. The van der Waals surface area contributed by atoms with E-state index in [1.165, 1.54) is 0 Å². The molecule has 1 aliphatic carbocycles. The maximum Gasteiger partial charge on any atom is 0.260 e. The van der Waals surface area contributed by atoms with Gasteiger partial charge in [0.25, 0.3) is 5.91 Å². The fourth-order valence-corrected chi connectivity index (χ4v) is 2.83. The zero-order chi connectivity index (χ0) is 12.0. The molecule has 96 valence electrons. The van der Waals surface area contributed by atoms with Crippen LogP contribution in [-0.4, -0.2) is 66.8 Å². The Kier molecular flexibility index (Phi) is 2.63. The van der Waals surface area contributed by atoms with Gasteiger partial charge in [0.15, 0.2) is 5.67 Å². The number of hydrogen-bond donors (Lipinski definition) is 0. The fourth-order valence-electron chi connectivity index (χ4n) is 2.83. The quantitative estimate of drug-likeness (QED) is 0.668. The Labute approximate surface area is 101 Å². The second kappa shape index (κ2) is 3.92. The molecule has 0 spiro atoms. The fraction of sp³-hybridized carbons (Fsp3) is 0.917. The number of halogens is 1. The summed E-state index contributed by atoms with van der Waals surface area (Å²) in [6, 6.07) is 0.240. The van der Waals surface area contributed by atoms with Crippen LogP contribution < -0.4 is 0 Å². The number of fused-ring (bicyclic) bond motifs is 1. The molecule has 4 nitrogen and oxygen atoms in total. The molecular formula is C12H19FN2O2. The molecule has 5 heteroatoms. The Morgan fingerprint density at radius 2 is 2.18 bits per heavy atom. The monoisotopic (exact) mass is 242 g/mol. The summed E-state index contributed by atoms with van der Waals surface area (Å²) in [5, 5.41) is 0. The number of likely N-dealkylation sites (tertiary alicyclic amines) is 1. The summed E-state index contributed by atoms with van der Waals surface area (Å²) in [4.78, 5) is 15.9. The van der Waals surface area contributed by atoms with E-state index in [9.17, 15) is 9.18 Å². The Hall–Kier alpha value is -0.680. The van der Waals surface area contributed by atoms with Gasteiger partial charge in [0.1, 0.15) is 0 Å². The third kappa shape index (κ3) is 1.95. The first-order valence-electron chi connectivity index (χ1n) is 6.40. The van der Waals surface area contributed by atoms with Gasteiger partial charge in [-0.3, -0.25) is 9.69 Å². The lowest BCUT2D eigenvalue weighted by Gasteiger charge is -2.45. The highest BCUT2D eigenvalue weighted by Gasteiger charge is 2.54. The molecule has 0 N–H and O–H groups in total. The molecule has 3 aliphatic rings. The van der Waals surface area contributed by atoms with Crippen LogP contribution in [0, 0.1) is 0 Å². The van der Waals surface area contributed by atoms with Gasteiger partial charge in [-0.05, 0) is 26.3 Å². The van der Waals surface area contributed by atoms with Crippen molar-refractivity contribution in [3.8, 4) is 0 Å². The number of carbonyl (C=O) groups is 1. The molecular weight excluding hydrogens is 223 g/mol. The Bertz CT molecular complexity index is 332. The lowest BCUT2D eigenvalue weighted by atomic mass is 9.98. The molecule has 0 radical (unpaired) electrons. The summed E-state index contributed by atoms with van der Waals surface area (Å²) in [5.74, 6) is -0.296. The lowest BCUT2D eigenvalue weighted by Crippen LogP contribution is -2.60. The summed E-state index contributed by atoms with van der Waals surface area (Å²) in [7, 11) is 2.05. The first-order chi connectivity index (χ1) is 8.10. The Balaban J connectivity index is 1.67. The predicted molar refractivity (Wildman–Crippen MR) is 60.4 cm³/mol. The molecule has 2 heterocycles. The van der Waals surface area contributed by atoms with Crippen LogP contribution in [0.25, 0.3) is 0 Å². The first kappa shape index (κ1) is 11.4. The average molecular weight is 242 g/mol. The molecule has 1 unspecified atom stereocenters. The number of hydrogen-bond acceptors (Lipinski definition) is 3. The van der Waals surface area contributed by atoms with E-state index in [-0.39, 0.29) is 18.1 Å². The van der Waals surface area contributed by atoms with Crippen LogP contribution in [0.1, 0.15) is 19.3 Å². The predicted octanol–water partition coefficient (Wildman–Crippen LogP) is 0.420. The smallest absolute Gasteiger partial charge is 0.260 e. The van der Waals surface area contributed by atoms with Crippen molar-refractivity contribution in [2.75, 3.05) is 33.3 Å². The maximum atomic E-state index is 13.8. The largest absolute Gasteiger partial charge is 0.375 e. The van der Waals surface area contributed by atoms with Crippen LogP contribution >= 0.6 is 0 Å². The minimum atomic E-state index is -1.53. The van der Waals surface area contributed by atoms with Crippen LogP contribution in [-0.2, 0) is 9.53 Å². The van der Waals surface area contributed by atoms with Crippen LogP contribution in [0.4, 0.5) is 4.39 Å². The molecule has 1 saturated carbocycles. The molecule has 2 aliphatic heterocycles. The molecule has 3 rings (SSSR count). The molecule has 2 atom stereocenters. The molecule has 0 aromatic carbocycles. The summed E-state index contributed by atoms with van der Waals surface area (Å²) in [6.45, 7) is 2.91. The molecule has 0 aromatic rings. The van der Waals surface area contributed by atoms with Crippen molar-refractivity contribution in [2.45, 2.75) is 37.1 Å². The van der Waals surface area contributed by atoms with Gasteiger partial charge in [-0.25, -0.2) is 4.39 Å². The number of amides is 1. The van der Waals surface area contributed by atoms with Gasteiger partial charge in [0.2, 0.25) is 0 Å². The third-order valence-corrected chi connectivity index (χ3v) is 4.22. The zero-order valence-electron chi connectivity index (χ0n) is 10.2. The van der Waals surface area contributed by atoms with Crippen LogP contribution in [0.2, 0.25) is 0 Å². The lowest BCUT2D eigenvalue weighted by molar-refractivity contribution is -0.147. The van der Waals surface area contributed by atoms with Crippen molar-refractivity contribution in [3.63, 3.8) is 0 Å². The number of ether oxygens (including phenoxy) is 1. The number of rotatable bonds is 1. The van der Waals surface area contributed by atoms with E-state index in [1.807, 2.05) is 0 Å². The van der Waals surface area contributed by atoms with Crippen molar-refractivity contribution >= 4 is 5.91 Å². The van der Waals surface area contributed by atoms with Crippen molar-refractivity contribution < 1.29 is 13.9 Å². The Morgan fingerprint density at radius 3 is 2.88 bits per heavy atom. The zero-order valence-corrected chi connectivity index (χ0v) is 10.2. The highest BCUT2D eigenvalue weighted by Crippen LogP contribution is 2.42. The number of alkyl halides is 1. The number of morpholine rings is 1. The van der Waals surface area contributed by atoms with Crippen LogP contribution in [0.5, 0.6) is 0 Å². The number of carbonyl (C=O) groups excluding carboxylic acids is 1. The second-order valence-corrected chi connectivity index (χ2v) is 5.46. The SMILES string of the molecule is CN1CCOC2CCN(C(=O)C3(F)CC3)C[C@@H]21. The maximum absolute atomic E-state index is 13.8. The van der Waals surface area contributed by atoms with Crippen molar-refractivity contribution in [1.29, 1.82) is 0 Å². The van der Waals surface area contributed by atoms with E-state index in [4.69, 9.17) is 4.74 Å². The van der Waals surface area contributed by atoms with Gasteiger partial charge in [-0.2, -0.15) is 0 Å². The van der Waals surface area contributed by atoms with Crippen LogP contribution in [0.3, 0.4) is 0 Å². The van der Waals surface area contributed by atoms with E-state index >= 15 is 0 Å². The van der Waals surface area contributed by atoms with Gasteiger partial charge < -0.3 is 9.64 Å². The van der Waals surface area contributed by atoms with Crippen molar-refractivity contribution in [2.24, 2.45) is 0 Å². The van der Waals surface area contributed by atoms with Crippen molar-refractivity contribution in [3.05, 3.63) is 0 Å². The van der Waals surface area contributed by atoms with Crippen LogP contribution in [0.15, 0.2) is 0 Å². The number of nitrogens with zero attached hydrogens (tertiary/aromatic N) is 2. The molecule has 0 bridgehead atoms. The van der Waals surface area contributed by atoms with E-state index in [1.54, 1.807) is 4.90 Å². The van der Waals surface area contributed by atoms with Gasteiger partial charge in [-0.15, -0.1) is 0 Å². The average Bonchev–Trinajstić information content (AvgIpc) is 3.08. The molecule has 2 saturated heterocycles. The minimum Gasteiger partial charge on any atom is -0.375 e. The summed E-state index contributed by atoms with van der Waals surface area (Å²) in [5.41, 5.74) is -1.53. The topological polar surface area (TPSA) is 32.8 Å². The molecule has 0 aromatic heterocycles. The first-order valence-corrected chi connectivity index (χ1v) is 6.40. The summed E-state index contributed by atoms with van der Waals surface area (Å²) < 4.78 is 19.5. The molecule has 1 amide bonds. The standard InChI is InChI=1S/C12H19FN2O2/c1-14-6-7-17-10-2-5-15(8-9(10)14)11(16)12(13)3-4-12/h9-10H,2-8H2,1H3/t9-,10?/m0/s1. The summed E-state index contributed by atoms with van der Waals surface area (Å²) >= 11 is 0. The Morgan fingerprint density at radius 1 is 1.41 bits per heavy atom. The highest BCUT2D eigenvalue weighted by molar-refractivity contribution is 5.88. The van der Waals surface area contributed by atoms with Gasteiger partial charge >= 0.3 is 0 Å². The normalized spacial score (nSPS) is 36.5. The van der Waals surface area contributed by atoms with E-state index in [2.05, 4.69) is 11.9 Å². The van der Waals surface area contributed by atoms with Gasteiger partial charge in [-0.1, -0.05) is 0 Å². The number of piperidine rings is 1. The van der Waals surface area contributed by atoms with E-state index in [0.717, 1.165) is 19.6 Å². The third-order valence-electron chi connectivity index (χ3n) is 4.22. The molecule has 17 heavy (non-hydrogen) atoms. The van der Waals surface area contributed by atoms with Crippen molar-refractivity contribution in [1.82, 2.24) is 9.80 Å². The van der Waals surface area contributed by atoms with Gasteiger partial charge in [0, 0.05) is 19.6 Å². The summed E-state index contributed by atoms with van der Waals surface area (Å²) in [6.07, 6.45) is 1.86. The molecule has 3 fully saturated rings. The highest BCUT2D eigenvalue weighted by atomic mass is 19.1. The van der Waals surface area contributed by atoms with E-state index < -0.39 is 5.67 Å². The van der Waals surface area contributed by atoms with E-state index in [0.29, 0.717) is 25.9 Å².